The van der Waals surface area contributed by atoms with Crippen LogP contribution in [0.4, 0.5) is 0 Å². The van der Waals surface area contributed by atoms with E-state index in [1.807, 2.05) is 11.9 Å². The molecule has 1 heterocycles. The van der Waals surface area contributed by atoms with Crippen LogP contribution >= 0.6 is 0 Å². The van der Waals surface area contributed by atoms with Crippen molar-refractivity contribution in [3.8, 4) is 0 Å². The van der Waals surface area contributed by atoms with Gasteiger partial charge < -0.3 is 4.79 Å². The van der Waals surface area contributed by atoms with Gasteiger partial charge in [0.2, 0.25) is 0 Å². The van der Waals surface area contributed by atoms with E-state index in [-0.39, 0.29) is 23.8 Å². The minimum absolute atomic E-state index is 0.0198. The molecule has 3 nitrogen and oxygen atoms in total. The first-order valence-electron chi connectivity index (χ1n) is 4.42. The highest BCUT2D eigenvalue weighted by molar-refractivity contribution is 5.82. The topological polar surface area (TPSA) is 37.4 Å². The molecule has 1 aliphatic heterocycles. The maximum absolute atomic E-state index is 11.2. The molecule has 0 amide bonds. The normalized spacial score (nSPS) is 34.5. The molecular formula is C10H15NO2. The van der Waals surface area contributed by atoms with E-state index in [4.69, 9.17) is 0 Å². The Kier molecular flexibility index (Phi) is 2.98. The molecule has 0 N–H and O–H groups in total. The van der Waals surface area contributed by atoms with E-state index in [1.54, 1.807) is 13.0 Å². The minimum atomic E-state index is -0.113. The molecule has 0 aromatic carbocycles. The Hall–Kier alpha value is -0.960. The summed E-state index contributed by atoms with van der Waals surface area (Å²) in [6, 6.07) is -0.0930. The fraction of sp³-hybridized carbons (Fsp3) is 0.600. The first-order chi connectivity index (χ1) is 6.11. The number of carbonyl (C=O) groups is 2. The van der Waals surface area contributed by atoms with Crippen molar-refractivity contribution < 1.29 is 9.59 Å². The number of likely N-dealkylation sites (N-methyl/N-ethyl adjacent to an activating group) is 1. The zero-order valence-corrected chi connectivity index (χ0v) is 8.06. The first kappa shape index (κ1) is 10.1. The molecule has 0 aromatic rings. The molecule has 72 valence electrons. The van der Waals surface area contributed by atoms with Gasteiger partial charge in [0.25, 0.3) is 0 Å². The van der Waals surface area contributed by atoms with Gasteiger partial charge in [0.05, 0.1) is 6.04 Å². The highest BCUT2D eigenvalue weighted by atomic mass is 16.1. The van der Waals surface area contributed by atoms with Crippen LogP contribution in [0.3, 0.4) is 0 Å². The Morgan fingerprint density at radius 2 is 2.23 bits per heavy atom. The number of Topliss-reactive ketones (excluding diaryl/α,β-unsaturated/α-hetero) is 1. The van der Waals surface area contributed by atoms with Crippen LogP contribution in [0.5, 0.6) is 0 Å². The number of aldehydes is 1. The fourth-order valence-corrected chi connectivity index (χ4v) is 2.00. The molecule has 3 heteroatoms. The third kappa shape index (κ3) is 1.70. The Morgan fingerprint density at radius 3 is 2.54 bits per heavy atom. The van der Waals surface area contributed by atoms with Gasteiger partial charge in [-0.25, -0.2) is 0 Å². The van der Waals surface area contributed by atoms with Gasteiger partial charge in [0.15, 0.2) is 0 Å². The number of rotatable bonds is 3. The van der Waals surface area contributed by atoms with Crippen LogP contribution in [0, 0.1) is 5.92 Å². The average Bonchev–Trinajstić information content (AvgIpc) is 2.41. The quantitative estimate of drug-likeness (QED) is 0.474. The Labute approximate surface area is 78.4 Å². The van der Waals surface area contributed by atoms with Gasteiger partial charge in [-0.15, -0.1) is 6.58 Å². The van der Waals surface area contributed by atoms with Crippen LogP contribution in [-0.2, 0) is 9.59 Å². The number of hydrogen-bond donors (Lipinski definition) is 0. The minimum Gasteiger partial charge on any atom is -0.303 e. The molecular weight excluding hydrogens is 166 g/mol. The van der Waals surface area contributed by atoms with Crippen molar-refractivity contribution in [2.24, 2.45) is 5.92 Å². The summed E-state index contributed by atoms with van der Waals surface area (Å²) >= 11 is 0. The third-order valence-electron chi connectivity index (χ3n) is 2.78. The molecule has 3 atom stereocenters. The molecule has 0 bridgehead atoms. The number of nitrogens with zero attached hydrogens (tertiary/aromatic N) is 1. The lowest BCUT2D eigenvalue weighted by Crippen LogP contribution is -2.36. The molecule has 1 saturated heterocycles. The predicted molar refractivity (Wildman–Crippen MR) is 50.4 cm³/mol. The predicted octanol–water partition coefficient (Wildman–Crippen LogP) is 0.649. The van der Waals surface area contributed by atoms with Crippen LogP contribution in [-0.4, -0.2) is 36.1 Å². The van der Waals surface area contributed by atoms with Gasteiger partial charge in [0, 0.05) is 12.0 Å². The highest BCUT2D eigenvalue weighted by Gasteiger charge is 2.38. The smallest absolute Gasteiger partial charge is 0.146 e. The summed E-state index contributed by atoms with van der Waals surface area (Å²) < 4.78 is 0. The van der Waals surface area contributed by atoms with Crippen molar-refractivity contribution in [1.29, 1.82) is 0 Å². The molecule has 0 aliphatic carbocycles. The van der Waals surface area contributed by atoms with Gasteiger partial charge in [-0.05, 0) is 20.4 Å². The van der Waals surface area contributed by atoms with Crippen molar-refractivity contribution in [3.63, 3.8) is 0 Å². The third-order valence-corrected chi connectivity index (χ3v) is 2.78. The maximum atomic E-state index is 11.2. The van der Waals surface area contributed by atoms with Crippen LogP contribution in [0.15, 0.2) is 12.7 Å². The van der Waals surface area contributed by atoms with E-state index in [9.17, 15) is 9.59 Å². The lowest BCUT2D eigenvalue weighted by Gasteiger charge is -2.21. The van der Waals surface area contributed by atoms with Gasteiger partial charge in [-0.1, -0.05) is 6.08 Å². The van der Waals surface area contributed by atoms with E-state index >= 15 is 0 Å². The van der Waals surface area contributed by atoms with Gasteiger partial charge in [0.1, 0.15) is 12.1 Å². The highest BCUT2D eigenvalue weighted by Crippen LogP contribution is 2.28. The van der Waals surface area contributed by atoms with Crippen LogP contribution in [0.25, 0.3) is 0 Å². The number of carbonyl (C=O) groups excluding carboxylic acids is 2. The molecule has 0 aromatic heterocycles. The van der Waals surface area contributed by atoms with Gasteiger partial charge >= 0.3 is 0 Å². The standard InChI is InChI=1S/C10H15NO2/c1-4-9-8(6-12)5-10(7(2)13)11(9)3/h4,6,8-10H,1,5H2,2-3H3/t8?,9-,10+/m0/s1. The second-order valence-electron chi connectivity index (χ2n) is 3.55. The van der Waals surface area contributed by atoms with Crippen molar-refractivity contribution in [2.45, 2.75) is 25.4 Å². The van der Waals surface area contributed by atoms with Crippen LogP contribution in [0.2, 0.25) is 0 Å². The zero-order valence-electron chi connectivity index (χ0n) is 8.06. The molecule has 0 saturated carbocycles. The largest absolute Gasteiger partial charge is 0.303 e. The van der Waals surface area contributed by atoms with E-state index in [2.05, 4.69) is 6.58 Å². The van der Waals surface area contributed by atoms with Crippen molar-refractivity contribution in [1.82, 2.24) is 4.90 Å². The second-order valence-corrected chi connectivity index (χ2v) is 3.55. The molecule has 0 spiro atoms. The van der Waals surface area contributed by atoms with Gasteiger partial charge in [-0.2, -0.15) is 0 Å². The average molecular weight is 181 g/mol. The first-order valence-corrected chi connectivity index (χ1v) is 4.42. The summed E-state index contributed by atoms with van der Waals surface area (Å²) in [5.41, 5.74) is 0. The Balaban J connectivity index is 2.82. The van der Waals surface area contributed by atoms with Crippen LogP contribution < -0.4 is 0 Å². The van der Waals surface area contributed by atoms with E-state index in [0.717, 1.165) is 6.29 Å². The molecule has 1 aliphatic rings. The summed E-state index contributed by atoms with van der Waals surface area (Å²) in [5.74, 6) is 0.0510. The lowest BCUT2D eigenvalue weighted by atomic mass is 10.00. The summed E-state index contributed by atoms with van der Waals surface area (Å²) in [7, 11) is 1.86. The molecule has 1 fully saturated rings. The van der Waals surface area contributed by atoms with Crippen molar-refractivity contribution in [3.05, 3.63) is 12.7 Å². The number of hydrogen-bond acceptors (Lipinski definition) is 3. The fourth-order valence-electron chi connectivity index (χ4n) is 2.00. The van der Waals surface area contributed by atoms with E-state index in [0.29, 0.717) is 6.42 Å². The summed E-state index contributed by atoms with van der Waals surface area (Å²) in [6.07, 6.45) is 3.29. The Morgan fingerprint density at radius 1 is 1.62 bits per heavy atom. The zero-order chi connectivity index (χ0) is 10.0. The molecule has 1 unspecified atom stereocenters. The Bertz CT molecular complexity index is 237. The monoisotopic (exact) mass is 181 g/mol. The number of likely N-dealkylation sites (tertiary alicyclic amines) is 1. The van der Waals surface area contributed by atoms with Crippen LogP contribution in [0.1, 0.15) is 13.3 Å². The summed E-state index contributed by atoms with van der Waals surface area (Å²) in [6.45, 7) is 5.24. The van der Waals surface area contributed by atoms with E-state index in [1.165, 1.54) is 0 Å². The number of ketones is 1. The molecule has 0 radical (unpaired) electrons. The lowest BCUT2D eigenvalue weighted by molar-refractivity contribution is -0.121. The maximum Gasteiger partial charge on any atom is 0.146 e. The summed E-state index contributed by atoms with van der Waals surface area (Å²) in [5, 5.41) is 0. The summed E-state index contributed by atoms with van der Waals surface area (Å²) in [4.78, 5) is 23.8. The molecule has 1 rings (SSSR count). The molecule has 13 heavy (non-hydrogen) atoms. The van der Waals surface area contributed by atoms with E-state index < -0.39 is 0 Å². The second kappa shape index (κ2) is 3.83. The van der Waals surface area contributed by atoms with Crippen molar-refractivity contribution >= 4 is 12.1 Å². The van der Waals surface area contributed by atoms with Gasteiger partial charge in [-0.3, -0.25) is 9.69 Å². The SMILES string of the molecule is C=C[C@H]1C(C=O)C[C@H](C(C)=O)N1C. The van der Waals surface area contributed by atoms with Crippen molar-refractivity contribution in [2.75, 3.05) is 7.05 Å².